The molecule has 8 nitrogen and oxygen atoms in total. The lowest BCUT2D eigenvalue weighted by Crippen LogP contribution is -2.57. The van der Waals surface area contributed by atoms with E-state index in [-0.39, 0.29) is 47.4 Å². The highest BCUT2D eigenvalue weighted by Crippen LogP contribution is 2.48. The van der Waals surface area contributed by atoms with Gasteiger partial charge in [-0.2, -0.15) is 26.3 Å². The molecule has 220 valence electrons. The maximum absolute atomic E-state index is 14.3. The molecule has 40 heavy (non-hydrogen) atoms. The number of carbonyl (C=O) groups is 2. The van der Waals surface area contributed by atoms with Crippen molar-refractivity contribution in [2.24, 2.45) is 0 Å². The molecular formula is C25H29F6N5O3S. The minimum atomic E-state index is -5.03. The molecule has 0 unspecified atom stereocenters. The van der Waals surface area contributed by atoms with E-state index < -0.39 is 52.3 Å². The third-order valence-corrected chi connectivity index (χ3v) is 8.18. The number of hydrogen-bond acceptors (Lipinski definition) is 7. The van der Waals surface area contributed by atoms with E-state index in [1.54, 1.807) is 6.92 Å². The number of hydrogen-bond donors (Lipinski definition) is 3. The number of nitrogens with zero attached hydrogens (tertiary/aromatic N) is 3. The van der Waals surface area contributed by atoms with Crippen molar-refractivity contribution in [1.82, 2.24) is 20.2 Å². The summed E-state index contributed by atoms with van der Waals surface area (Å²) in [5, 5.41) is 14.2. The third-order valence-electron chi connectivity index (χ3n) is 7.09. The maximum atomic E-state index is 14.3. The smallest absolute Gasteiger partial charge is 0.389 e. The molecule has 2 amide bonds. The highest BCUT2D eigenvalue weighted by molar-refractivity contribution is 7.17. The largest absolute Gasteiger partial charge is 0.417 e. The van der Waals surface area contributed by atoms with Crippen molar-refractivity contribution >= 4 is 29.0 Å². The SMILES string of the molecule is C[C@H]1CCCN1C(=O)c1nc(C(=O)NCC(C)(C)O)sc1-c1cnc(NC2(C(F)(F)F)CCC2)cc1C(F)(F)F. The fourth-order valence-corrected chi connectivity index (χ4v) is 5.68. The zero-order valence-corrected chi connectivity index (χ0v) is 22.8. The number of rotatable bonds is 7. The average Bonchev–Trinajstić information content (AvgIpc) is 3.44. The van der Waals surface area contributed by atoms with E-state index in [4.69, 9.17) is 0 Å². The Balaban J connectivity index is 1.79. The maximum Gasteiger partial charge on any atom is 0.417 e. The number of likely N-dealkylation sites (tertiary alicyclic amines) is 1. The van der Waals surface area contributed by atoms with Gasteiger partial charge in [0.25, 0.3) is 11.8 Å². The van der Waals surface area contributed by atoms with E-state index in [2.05, 4.69) is 20.6 Å². The molecule has 2 aliphatic rings. The van der Waals surface area contributed by atoms with Crippen molar-refractivity contribution in [3.8, 4) is 10.4 Å². The van der Waals surface area contributed by atoms with Gasteiger partial charge in [0.2, 0.25) is 0 Å². The van der Waals surface area contributed by atoms with Crippen LogP contribution in [0, 0.1) is 0 Å². The first-order chi connectivity index (χ1) is 18.4. The van der Waals surface area contributed by atoms with Crippen molar-refractivity contribution in [2.45, 2.75) is 82.4 Å². The number of halogens is 6. The van der Waals surface area contributed by atoms with Gasteiger partial charge in [-0.3, -0.25) is 9.59 Å². The lowest BCUT2D eigenvalue weighted by Gasteiger charge is -2.44. The van der Waals surface area contributed by atoms with Crippen LogP contribution >= 0.6 is 11.3 Å². The molecule has 0 spiro atoms. The highest BCUT2D eigenvalue weighted by atomic mass is 32.1. The van der Waals surface area contributed by atoms with Crippen molar-refractivity contribution in [3.63, 3.8) is 0 Å². The Kier molecular flexibility index (Phi) is 7.86. The van der Waals surface area contributed by atoms with E-state index in [1.807, 2.05) is 0 Å². The number of carbonyl (C=O) groups excluding carboxylic acids is 2. The summed E-state index contributed by atoms with van der Waals surface area (Å²) in [5.74, 6) is -2.08. The number of aliphatic hydroxyl groups is 1. The summed E-state index contributed by atoms with van der Waals surface area (Å²) in [6, 6.07) is 0.282. The molecule has 1 saturated carbocycles. The fraction of sp³-hybridized carbons (Fsp3) is 0.600. The van der Waals surface area contributed by atoms with Gasteiger partial charge in [-0.1, -0.05) is 0 Å². The van der Waals surface area contributed by atoms with Gasteiger partial charge in [-0.15, -0.1) is 11.3 Å². The Morgan fingerprint density at radius 3 is 2.35 bits per heavy atom. The zero-order valence-electron chi connectivity index (χ0n) is 22.0. The standard InChI is InChI=1S/C25H29F6N5O3S/c1-13-6-4-9-36(13)21(38)17-18(40-20(34-17)19(37)33-12-22(2,3)39)14-11-32-16(10-15(14)24(26,27)28)35-23(7-5-8-23)25(29,30)31/h10-11,13,39H,4-9,12H2,1-3H3,(H,32,35)(H,33,37)/t13-/m0/s1. The molecule has 1 saturated heterocycles. The second-order valence-electron chi connectivity index (χ2n) is 10.9. The molecule has 1 aliphatic heterocycles. The van der Waals surface area contributed by atoms with Crippen LogP contribution in [0.2, 0.25) is 0 Å². The van der Waals surface area contributed by atoms with Gasteiger partial charge in [0.15, 0.2) is 5.01 Å². The lowest BCUT2D eigenvalue weighted by atomic mass is 9.76. The predicted octanol–water partition coefficient (Wildman–Crippen LogP) is 5.25. The molecule has 0 bridgehead atoms. The van der Waals surface area contributed by atoms with Crippen LogP contribution in [0.1, 0.15) is 78.7 Å². The molecule has 3 heterocycles. The summed E-state index contributed by atoms with van der Waals surface area (Å²) in [5.41, 5.74) is -5.94. The van der Waals surface area contributed by atoms with Crippen molar-refractivity contribution in [1.29, 1.82) is 0 Å². The molecule has 0 aromatic carbocycles. The number of alkyl halides is 6. The van der Waals surface area contributed by atoms with Gasteiger partial charge in [-0.05, 0) is 58.9 Å². The number of thiazole rings is 1. The molecule has 2 fully saturated rings. The summed E-state index contributed by atoms with van der Waals surface area (Å²) >= 11 is 0.536. The van der Waals surface area contributed by atoms with Gasteiger partial charge in [0.05, 0.1) is 16.0 Å². The van der Waals surface area contributed by atoms with Gasteiger partial charge in [0, 0.05) is 30.9 Å². The monoisotopic (exact) mass is 593 g/mol. The Labute approximate surface area is 230 Å². The molecule has 15 heteroatoms. The number of amides is 2. The minimum absolute atomic E-state index is 0.191. The normalized spacial score (nSPS) is 19.4. The van der Waals surface area contributed by atoms with Crippen LogP contribution in [-0.2, 0) is 6.18 Å². The van der Waals surface area contributed by atoms with Crippen molar-refractivity contribution in [2.75, 3.05) is 18.4 Å². The third kappa shape index (κ3) is 6.04. The van der Waals surface area contributed by atoms with E-state index in [1.165, 1.54) is 18.7 Å². The van der Waals surface area contributed by atoms with Crippen LogP contribution in [0.15, 0.2) is 12.3 Å². The first-order valence-electron chi connectivity index (χ1n) is 12.7. The Morgan fingerprint density at radius 2 is 1.85 bits per heavy atom. The topological polar surface area (TPSA) is 107 Å². The minimum Gasteiger partial charge on any atom is -0.389 e. The summed E-state index contributed by atoms with van der Waals surface area (Å²) in [7, 11) is 0. The van der Waals surface area contributed by atoms with Crippen LogP contribution < -0.4 is 10.6 Å². The average molecular weight is 594 g/mol. The first kappa shape index (κ1) is 30.0. The van der Waals surface area contributed by atoms with Crippen LogP contribution in [0.3, 0.4) is 0 Å². The van der Waals surface area contributed by atoms with E-state index in [0.29, 0.717) is 36.8 Å². The number of aromatic nitrogens is 2. The molecule has 3 N–H and O–H groups in total. The summed E-state index contributed by atoms with van der Waals surface area (Å²) in [6.45, 7) is 4.82. The molecule has 1 aliphatic carbocycles. The van der Waals surface area contributed by atoms with Crippen LogP contribution in [-0.4, -0.2) is 68.2 Å². The molecule has 1 atom stereocenters. The fourth-order valence-electron chi connectivity index (χ4n) is 4.68. The second-order valence-corrected chi connectivity index (χ2v) is 11.9. The number of nitrogens with one attached hydrogen (secondary N) is 2. The second kappa shape index (κ2) is 10.5. The summed E-state index contributed by atoms with van der Waals surface area (Å²) in [4.78, 5) is 35.3. The molecule has 4 rings (SSSR count). The molecular weight excluding hydrogens is 564 g/mol. The van der Waals surface area contributed by atoms with Crippen molar-refractivity contribution < 1.29 is 41.0 Å². The molecule has 2 aromatic rings. The zero-order chi connectivity index (χ0) is 29.7. The molecule has 0 radical (unpaired) electrons. The highest BCUT2D eigenvalue weighted by Gasteiger charge is 2.58. The summed E-state index contributed by atoms with van der Waals surface area (Å²) in [6.07, 6.45) is -7.95. The van der Waals surface area contributed by atoms with Gasteiger partial charge in [-0.25, -0.2) is 9.97 Å². The lowest BCUT2D eigenvalue weighted by molar-refractivity contribution is -0.198. The Bertz CT molecular complexity index is 1280. The molecule has 2 aromatic heterocycles. The van der Waals surface area contributed by atoms with Crippen LogP contribution in [0.25, 0.3) is 10.4 Å². The van der Waals surface area contributed by atoms with Gasteiger partial charge in [0.1, 0.15) is 17.1 Å². The quantitative estimate of drug-likeness (QED) is 0.379. The van der Waals surface area contributed by atoms with Gasteiger partial charge < -0.3 is 20.6 Å². The van der Waals surface area contributed by atoms with E-state index in [9.17, 15) is 41.0 Å². The number of pyridine rings is 1. The van der Waals surface area contributed by atoms with E-state index in [0.717, 1.165) is 6.20 Å². The predicted molar refractivity (Wildman–Crippen MR) is 135 cm³/mol. The number of anilines is 1. The van der Waals surface area contributed by atoms with Gasteiger partial charge >= 0.3 is 12.4 Å². The Hall–Kier alpha value is -2.94. The van der Waals surface area contributed by atoms with Crippen LogP contribution in [0.5, 0.6) is 0 Å². The van der Waals surface area contributed by atoms with E-state index >= 15 is 0 Å². The first-order valence-corrected chi connectivity index (χ1v) is 13.5. The Morgan fingerprint density at radius 1 is 1.18 bits per heavy atom. The van der Waals surface area contributed by atoms with Crippen LogP contribution in [0.4, 0.5) is 32.2 Å². The summed E-state index contributed by atoms with van der Waals surface area (Å²) < 4.78 is 83.8. The van der Waals surface area contributed by atoms with Crippen molar-refractivity contribution in [3.05, 3.63) is 28.5 Å².